The van der Waals surface area contributed by atoms with E-state index in [1.807, 2.05) is 0 Å². The monoisotopic (exact) mass is 274 g/mol. The van der Waals surface area contributed by atoms with Gasteiger partial charge in [-0.25, -0.2) is 0 Å². The van der Waals surface area contributed by atoms with Gasteiger partial charge in [0.25, 0.3) is 0 Å². The number of imide groups is 1. The summed E-state index contributed by atoms with van der Waals surface area (Å²) in [5.74, 6) is 0.912. The first-order chi connectivity index (χ1) is 9.65. The van der Waals surface area contributed by atoms with Gasteiger partial charge in [-0.1, -0.05) is 0 Å². The van der Waals surface area contributed by atoms with Gasteiger partial charge in [-0.2, -0.15) is 0 Å². The van der Waals surface area contributed by atoms with E-state index in [4.69, 9.17) is 15.2 Å². The van der Waals surface area contributed by atoms with Gasteiger partial charge in [0.2, 0.25) is 11.8 Å². The number of amides is 2. The van der Waals surface area contributed by atoms with E-state index < -0.39 is 0 Å². The smallest absolute Gasteiger partial charge is 0.233 e. The van der Waals surface area contributed by atoms with Crippen molar-refractivity contribution in [2.24, 2.45) is 11.8 Å². The molecular formula is C14H14N2O4. The van der Waals surface area contributed by atoms with Crippen LogP contribution in [0.1, 0.15) is 12.0 Å². The zero-order valence-electron chi connectivity index (χ0n) is 10.8. The van der Waals surface area contributed by atoms with Crippen molar-refractivity contribution < 1.29 is 19.1 Å². The van der Waals surface area contributed by atoms with Gasteiger partial charge in [-0.15, -0.1) is 0 Å². The number of hydrogen-bond acceptors (Lipinski definition) is 5. The Labute approximate surface area is 115 Å². The van der Waals surface area contributed by atoms with Crippen molar-refractivity contribution in [2.75, 3.05) is 18.9 Å². The summed E-state index contributed by atoms with van der Waals surface area (Å²) in [5.41, 5.74) is 7.20. The first kappa shape index (κ1) is 11.6. The second kappa shape index (κ2) is 3.88. The second-order valence-electron chi connectivity index (χ2n) is 5.41. The first-order valence-electron chi connectivity index (χ1n) is 6.68. The number of nitrogens with zero attached hydrogens (tertiary/aromatic N) is 1. The molecule has 2 atom stereocenters. The van der Waals surface area contributed by atoms with Gasteiger partial charge in [0.15, 0.2) is 11.5 Å². The van der Waals surface area contributed by atoms with Crippen LogP contribution in [0.5, 0.6) is 11.5 Å². The van der Waals surface area contributed by atoms with E-state index >= 15 is 0 Å². The Morgan fingerprint density at radius 1 is 1.10 bits per heavy atom. The van der Waals surface area contributed by atoms with Crippen molar-refractivity contribution in [3.05, 3.63) is 17.7 Å². The second-order valence-corrected chi connectivity index (χ2v) is 5.41. The Hall–Kier alpha value is -2.24. The van der Waals surface area contributed by atoms with E-state index in [2.05, 4.69) is 0 Å². The highest BCUT2D eigenvalue weighted by molar-refractivity contribution is 6.08. The molecule has 2 aliphatic heterocycles. The minimum atomic E-state index is -0.0825. The quantitative estimate of drug-likeness (QED) is 0.629. The highest BCUT2D eigenvalue weighted by Gasteiger charge is 2.58. The minimum absolute atomic E-state index is 0.0747. The topological polar surface area (TPSA) is 81.9 Å². The number of carbonyl (C=O) groups is 2. The summed E-state index contributed by atoms with van der Waals surface area (Å²) in [5, 5.41) is 0. The van der Waals surface area contributed by atoms with Gasteiger partial charge in [-0.05, 0) is 18.1 Å². The Kier molecular flexibility index (Phi) is 2.24. The third-order valence-corrected chi connectivity index (χ3v) is 4.09. The molecule has 2 unspecified atom stereocenters. The molecule has 0 radical (unpaired) electrons. The van der Waals surface area contributed by atoms with Crippen LogP contribution in [0, 0.1) is 11.8 Å². The van der Waals surface area contributed by atoms with Crippen molar-refractivity contribution >= 4 is 17.5 Å². The Morgan fingerprint density at radius 2 is 1.70 bits per heavy atom. The Bertz CT molecular complexity index is 608. The predicted molar refractivity (Wildman–Crippen MR) is 69.0 cm³/mol. The third-order valence-electron chi connectivity index (χ3n) is 4.09. The summed E-state index contributed by atoms with van der Waals surface area (Å²) < 4.78 is 10.9. The van der Waals surface area contributed by atoms with Gasteiger partial charge >= 0.3 is 0 Å². The number of ether oxygens (including phenoxy) is 2. The number of anilines is 1. The van der Waals surface area contributed by atoms with Gasteiger partial charge in [0.05, 0.1) is 18.4 Å². The van der Waals surface area contributed by atoms with Crippen molar-refractivity contribution in [1.82, 2.24) is 4.90 Å². The summed E-state index contributed by atoms with van der Waals surface area (Å²) >= 11 is 0. The van der Waals surface area contributed by atoms with Gasteiger partial charge in [0, 0.05) is 11.8 Å². The molecule has 0 spiro atoms. The lowest BCUT2D eigenvalue weighted by atomic mass is 10.1. The molecule has 1 aromatic carbocycles. The number of nitrogen functional groups attached to an aromatic ring is 1. The number of piperidine rings is 1. The highest BCUT2D eigenvalue weighted by atomic mass is 16.6. The van der Waals surface area contributed by atoms with Crippen molar-refractivity contribution in [1.29, 1.82) is 0 Å². The molecule has 2 amide bonds. The zero-order chi connectivity index (χ0) is 13.9. The summed E-state index contributed by atoms with van der Waals surface area (Å²) in [6.45, 7) is 1.20. The zero-order valence-corrected chi connectivity index (χ0v) is 10.8. The fraction of sp³-hybridized carbons (Fsp3) is 0.429. The SMILES string of the molecule is Nc1cc2c(cc1CN1C(=O)C3CC3C1=O)OCCO2. The molecule has 20 heavy (non-hydrogen) atoms. The molecule has 104 valence electrons. The molecule has 6 nitrogen and oxygen atoms in total. The lowest BCUT2D eigenvalue weighted by molar-refractivity contribution is -0.142. The first-order valence-corrected chi connectivity index (χ1v) is 6.68. The molecule has 4 rings (SSSR count). The third kappa shape index (κ3) is 1.57. The van der Waals surface area contributed by atoms with E-state index in [9.17, 15) is 9.59 Å². The molecule has 1 aromatic rings. The van der Waals surface area contributed by atoms with Crippen molar-refractivity contribution in [3.63, 3.8) is 0 Å². The number of benzene rings is 1. The molecule has 1 aliphatic carbocycles. The number of fused-ring (bicyclic) bond motifs is 2. The molecule has 2 heterocycles. The largest absolute Gasteiger partial charge is 0.486 e. The van der Waals surface area contributed by atoms with Crippen LogP contribution in [0.2, 0.25) is 0 Å². The van der Waals surface area contributed by atoms with Gasteiger partial charge in [-0.3, -0.25) is 14.5 Å². The van der Waals surface area contributed by atoms with Crippen molar-refractivity contribution in [2.45, 2.75) is 13.0 Å². The lowest BCUT2D eigenvalue weighted by Crippen LogP contribution is -2.32. The van der Waals surface area contributed by atoms with Crippen LogP contribution in [0.15, 0.2) is 12.1 Å². The lowest BCUT2D eigenvalue weighted by Gasteiger charge is -2.22. The van der Waals surface area contributed by atoms with Crippen LogP contribution in [0.25, 0.3) is 0 Å². The minimum Gasteiger partial charge on any atom is -0.486 e. The number of hydrogen-bond donors (Lipinski definition) is 1. The molecule has 0 bridgehead atoms. The van der Waals surface area contributed by atoms with E-state index in [1.54, 1.807) is 12.1 Å². The standard InChI is InChI=1S/C14H14N2O4/c15-10-5-12-11(19-1-2-20-12)3-7(10)6-16-13(17)8-4-9(8)14(16)18/h3,5,8-9H,1-2,4,6,15H2. The average molecular weight is 274 g/mol. The molecule has 3 aliphatic rings. The maximum Gasteiger partial charge on any atom is 0.233 e. The van der Waals surface area contributed by atoms with Crippen molar-refractivity contribution in [3.8, 4) is 11.5 Å². The van der Waals surface area contributed by atoms with Crippen LogP contribution in [0.3, 0.4) is 0 Å². The van der Waals surface area contributed by atoms with Crippen LogP contribution >= 0.6 is 0 Å². The Balaban J connectivity index is 1.63. The number of likely N-dealkylation sites (tertiary alicyclic amines) is 1. The van der Waals surface area contributed by atoms with E-state index in [-0.39, 0.29) is 30.2 Å². The summed E-state index contributed by atoms with van der Waals surface area (Å²) in [6, 6.07) is 3.45. The summed E-state index contributed by atoms with van der Waals surface area (Å²) in [7, 11) is 0. The van der Waals surface area contributed by atoms with Crippen LogP contribution in [-0.2, 0) is 16.1 Å². The molecule has 2 fully saturated rings. The summed E-state index contributed by atoms with van der Waals surface area (Å²) in [6.07, 6.45) is 0.713. The fourth-order valence-electron chi connectivity index (χ4n) is 2.86. The molecule has 1 saturated heterocycles. The number of nitrogens with two attached hydrogens (primary N) is 1. The van der Waals surface area contributed by atoms with E-state index in [1.165, 1.54) is 4.90 Å². The van der Waals surface area contributed by atoms with E-state index in [0.717, 1.165) is 5.56 Å². The molecule has 6 heteroatoms. The average Bonchev–Trinajstić information content (AvgIpc) is 3.19. The maximum absolute atomic E-state index is 12.0. The number of carbonyl (C=O) groups excluding carboxylic acids is 2. The number of rotatable bonds is 2. The predicted octanol–water partition coefficient (Wildman–Crippen LogP) is 0.545. The van der Waals surface area contributed by atoms with Gasteiger partial charge in [0.1, 0.15) is 13.2 Å². The maximum atomic E-state index is 12.0. The van der Waals surface area contributed by atoms with Crippen LogP contribution in [0.4, 0.5) is 5.69 Å². The highest BCUT2D eigenvalue weighted by Crippen LogP contribution is 2.47. The normalized spacial score (nSPS) is 26.7. The van der Waals surface area contributed by atoms with Crippen LogP contribution in [-0.4, -0.2) is 29.9 Å². The van der Waals surface area contributed by atoms with Gasteiger partial charge < -0.3 is 15.2 Å². The molecular weight excluding hydrogens is 260 g/mol. The molecule has 1 saturated carbocycles. The molecule has 2 N–H and O–H groups in total. The fourth-order valence-corrected chi connectivity index (χ4v) is 2.86. The van der Waals surface area contributed by atoms with Crippen LogP contribution < -0.4 is 15.2 Å². The Morgan fingerprint density at radius 3 is 2.35 bits per heavy atom. The summed E-state index contributed by atoms with van der Waals surface area (Å²) in [4.78, 5) is 25.2. The van der Waals surface area contributed by atoms with E-state index in [0.29, 0.717) is 36.8 Å². The molecule has 0 aromatic heterocycles.